The Bertz CT molecular complexity index is 574. The number of aliphatic hydroxyl groups excluding tert-OH is 2. The van der Waals surface area contributed by atoms with Crippen molar-refractivity contribution in [1.29, 1.82) is 0 Å². The number of aliphatic hydroxyl groups is 2. The molecule has 0 aliphatic carbocycles. The van der Waals surface area contributed by atoms with Gasteiger partial charge in [-0.3, -0.25) is 14.4 Å². The normalized spacial score (nSPS) is 19.6. The molecule has 1 rings (SSSR count). The lowest BCUT2D eigenvalue weighted by atomic mass is 10.1. The van der Waals surface area contributed by atoms with E-state index in [0.29, 0.717) is 25.8 Å². The Balaban J connectivity index is 2.76. The number of hydrogen-bond acceptors (Lipinski definition) is 8. The maximum atomic E-state index is 12.7. The Kier molecular flexibility index (Phi) is 9.79. The van der Waals surface area contributed by atoms with Crippen LogP contribution in [0, 0.1) is 0 Å². The highest BCUT2D eigenvalue weighted by atomic mass is 16.4. The predicted molar refractivity (Wildman–Crippen MR) is 96.7 cm³/mol. The van der Waals surface area contributed by atoms with Gasteiger partial charge in [0.1, 0.15) is 18.1 Å². The lowest BCUT2D eigenvalue weighted by Crippen LogP contribution is -2.58. The highest BCUT2D eigenvalue weighted by Crippen LogP contribution is 2.19. The number of carboxylic acid groups (broad SMARTS) is 1. The van der Waals surface area contributed by atoms with Gasteiger partial charge in [0.2, 0.25) is 17.7 Å². The van der Waals surface area contributed by atoms with Crippen molar-refractivity contribution in [2.24, 2.45) is 11.5 Å². The Morgan fingerprint density at radius 2 is 1.75 bits per heavy atom. The smallest absolute Gasteiger partial charge is 0.328 e. The number of carboxylic acids is 1. The van der Waals surface area contributed by atoms with Gasteiger partial charge in [-0.2, -0.15) is 0 Å². The first-order valence-electron chi connectivity index (χ1n) is 9.08. The fourth-order valence-electron chi connectivity index (χ4n) is 2.89. The van der Waals surface area contributed by atoms with Gasteiger partial charge in [-0.15, -0.1) is 0 Å². The van der Waals surface area contributed by atoms with E-state index in [0.717, 1.165) is 0 Å². The SMILES string of the molecule is NCCC[C@H](N)C(=O)N[C@H](CO)C(=O)N1CCC[C@H]1C(=O)N[C@@H](CO)C(=O)O. The van der Waals surface area contributed by atoms with E-state index in [1.165, 1.54) is 4.90 Å². The zero-order chi connectivity index (χ0) is 21.3. The molecule has 28 heavy (non-hydrogen) atoms. The first-order valence-corrected chi connectivity index (χ1v) is 9.08. The summed E-state index contributed by atoms with van der Waals surface area (Å²) in [7, 11) is 0. The van der Waals surface area contributed by atoms with E-state index < -0.39 is 61.1 Å². The summed E-state index contributed by atoms with van der Waals surface area (Å²) in [6.07, 6.45) is 1.62. The fraction of sp³-hybridized carbons (Fsp3) is 0.750. The molecule has 12 heteroatoms. The summed E-state index contributed by atoms with van der Waals surface area (Å²) in [6.45, 7) is -0.913. The standard InChI is InChI=1S/C16H29N5O7/c17-5-1-3-9(18)13(24)19-10(7-22)15(26)21-6-2-4-12(21)14(25)20-11(8-23)16(27)28/h9-12,22-23H,1-8,17-18H2,(H,19,24)(H,20,25)(H,27,28)/t9-,10+,11-,12-/m0/s1. The van der Waals surface area contributed by atoms with Gasteiger partial charge in [0.05, 0.1) is 19.3 Å². The summed E-state index contributed by atoms with van der Waals surface area (Å²) >= 11 is 0. The number of aliphatic carboxylic acids is 1. The summed E-state index contributed by atoms with van der Waals surface area (Å²) in [4.78, 5) is 49.2. The lowest BCUT2D eigenvalue weighted by Gasteiger charge is -2.29. The molecule has 0 aromatic rings. The number of carbonyl (C=O) groups is 4. The second-order valence-corrected chi connectivity index (χ2v) is 6.55. The predicted octanol–water partition coefficient (Wildman–Crippen LogP) is -3.92. The van der Waals surface area contributed by atoms with Gasteiger partial charge in [-0.1, -0.05) is 0 Å². The molecule has 1 aliphatic rings. The molecule has 4 atom stereocenters. The minimum atomic E-state index is -1.49. The second kappa shape index (κ2) is 11.5. The molecule has 160 valence electrons. The van der Waals surface area contributed by atoms with Crippen molar-refractivity contribution in [2.75, 3.05) is 26.3 Å². The number of nitrogens with zero attached hydrogens (tertiary/aromatic N) is 1. The van der Waals surface area contributed by atoms with Gasteiger partial charge < -0.3 is 42.3 Å². The molecule has 0 unspecified atom stereocenters. The third kappa shape index (κ3) is 6.41. The monoisotopic (exact) mass is 403 g/mol. The molecule has 1 saturated heterocycles. The number of rotatable bonds is 11. The molecule has 0 spiro atoms. The Morgan fingerprint density at radius 3 is 2.29 bits per heavy atom. The van der Waals surface area contributed by atoms with Gasteiger partial charge >= 0.3 is 5.97 Å². The van der Waals surface area contributed by atoms with Crippen molar-refractivity contribution in [2.45, 2.75) is 49.9 Å². The van der Waals surface area contributed by atoms with Crippen molar-refractivity contribution < 1.29 is 34.5 Å². The molecule has 12 nitrogen and oxygen atoms in total. The third-order valence-corrected chi connectivity index (χ3v) is 4.49. The molecular formula is C16H29N5O7. The second-order valence-electron chi connectivity index (χ2n) is 6.55. The molecule has 3 amide bonds. The molecule has 0 aromatic carbocycles. The Morgan fingerprint density at radius 1 is 1.11 bits per heavy atom. The number of nitrogens with one attached hydrogen (secondary N) is 2. The topological polar surface area (TPSA) is 208 Å². The van der Waals surface area contributed by atoms with Crippen LogP contribution in [0.5, 0.6) is 0 Å². The van der Waals surface area contributed by atoms with Crippen LogP contribution < -0.4 is 22.1 Å². The molecule has 1 fully saturated rings. The van der Waals surface area contributed by atoms with Crippen LogP contribution in [0.25, 0.3) is 0 Å². The molecule has 1 aliphatic heterocycles. The molecule has 0 bridgehead atoms. The minimum Gasteiger partial charge on any atom is -0.480 e. The minimum absolute atomic E-state index is 0.208. The Labute approximate surface area is 162 Å². The summed E-state index contributed by atoms with van der Waals surface area (Å²) in [5.74, 6) is -3.42. The van der Waals surface area contributed by atoms with Crippen molar-refractivity contribution in [3.05, 3.63) is 0 Å². The fourth-order valence-corrected chi connectivity index (χ4v) is 2.89. The largest absolute Gasteiger partial charge is 0.480 e. The summed E-state index contributed by atoms with van der Waals surface area (Å²) in [5, 5.41) is 32.0. The number of likely N-dealkylation sites (tertiary alicyclic amines) is 1. The van der Waals surface area contributed by atoms with Gasteiger partial charge in [-0.05, 0) is 32.2 Å². The maximum absolute atomic E-state index is 12.7. The van der Waals surface area contributed by atoms with Crippen LogP contribution in [0.4, 0.5) is 0 Å². The van der Waals surface area contributed by atoms with E-state index in [2.05, 4.69) is 10.6 Å². The molecule has 0 saturated carbocycles. The van der Waals surface area contributed by atoms with Crippen molar-refractivity contribution >= 4 is 23.7 Å². The number of amides is 3. The number of hydrogen-bond donors (Lipinski definition) is 7. The van der Waals surface area contributed by atoms with E-state index in [1.807, 2.05) is 0 Å². The quantitative estimate of drug-likeness (QED) is 0.179. The van der Waals surface area contributed by atoms with E-state index >= 15 is 0 Å². The zero-order valence-corrected chi connectivity index (χ0v) is 15.5. The maximum Gasteiger partial charge on any atom is 0.328 e. The molecule has 1 heterocycles. The first-order chi connectivity index (χ1) is 13.3. The van der Waals surface area contributed by atoms with Crippen LogP contribution in [-0.4, -0.2) is 94.4 Å². The van der Waals surface area contributed by atoms with Gasteiger partial charge in [0, 0.05) is 6.54 Å². The van der Waals surface area contributed by atoms with Crippen LogP contribution >= 0.6 is 0 Å². The van der Waals surface area contributed by atoms with Gasteiger partial charge in [0.25, 0.3) is 0 Å². The van der Waals surface area contributed by atoms with E-state index in [-0.39, 0.29) is 13.0 Å². The van der Waals surface area contributed by atoms with Crippen molar-refractivity contribution in [3.8, 4) is 0 Å². The van der Waals surface area contributed by atoms with Gasteiger partial charge in [-0.25, -0.2) is 4.79 Å². The third-order valence-electron chi connectivity index (χ3n) is 4.49. The average Bonchev–Trinajstić information content (AvgIpc) is 3.16. The average molecular weight is 403 g/mol. The Hall–Kier alpha value is -2.28. The number of carbonyl (C=O) groups excluding carboxylic acids is 3. The lowest BCUT2D eigenvalue weighted by molar-refractivity contribution is -0.146. The van der Waals surface area contributed by atoms with Crippen LogP contribution in [0.3, 0.4) is 0 Å². The van der Waals surface area contributed by atoms with E-state index in [1.54, 1.807) is 0 Å². The van der Waals surface area contributed by atoms with Crippen LogP contribution in [-0.2, 0) is 19.2 Å². The van der Waals surface area contributed by atoms with Crippen LogP contribution in [0.2, 0.25) is 0 Å². The first kappa shape index (κ1) is 23.8. The van der Waals surface area contributed by atoms with Crippen molar-refractivity contribution in [3.63, 3.8) is 0 Å². The summed E-state index contributed by atoms with van der Waals surface area (Å²) in [6, 6.07) is -4.61. The molecule has 9 N–H and O–H groups in total. The van der Waals surface area contributed by atoms with Crippen LogP contribution in [0.15, 0.2) is 0 Å². The van der Waals surface area contributed by atoms with E-state index in [4.69, 9.17) is 21.7 Å². The molecule has 0 aromatic heterocycles. The highest BCUT2D eigenvalue weighted by Gasteiger charge is 2.38. The van der Waals surface area contributed by atoms with Crippen LogP contribution in [0.1, 0.15) is 25.7 Å². The highest BCUT2D eigenvalue weighted by molar-refractivity contribution is 5.94. The molecular weight excluding hydrogens is 374 g/mol. The summed E-state index contributed by atoms with van der Waals surface area (Å²) < 4.78 is 0. The van der Waals surface area contributed by atoms with Crippen molar-refractivity contribution in [1.82, 2.24) is 15.5 Å². The van der Waals surface area contributed by atoms with Gasteiger partial charge in [0.15, 0.2) is 0 Å². The summed E-state index contributed by atoms with van der Waals surface area (Å²) in [5.41, 5.74) is 11.1. The van der Waals surface area contributed by atoms with E-state index in [9.17, 15) is 24.3 Å². The molecule has 0 radical (unpaired) electrons. The number of nitrogens with two attached hydrogens (primary N) is 2. The zero-order valence-electron chi connectivity index (χ0n) is 15.5.